The van der Waals surface area contributed by atoms with E-state index in [1.165, 1.54) is 32.5 Å². The first-order valence-corrected chi connectivity index (χ1v) is 7.64. The van der Waals surface area contributed by atoms with Crippen molar-refractivity contribution in [3.63, 3.8) is 0 Å². The first-order chi connectivity index (χ1) is 9.72. The average molecular weight is 278 g/mol. The van der Waals surface area contributed by atoms with Crippen molar-refractivity contribution in [3.8, 4) is 0 Å². The molecule has 1 aromatic heterocycles. The van der Waals surface area contributed by atoms with Gasteiger partial charge < -0.3 is 14.1 Å². The van der Waals surface area contributed by atoms with Crippen molar-refractivity contribution in [2.45, 2.75) is 19.4 Å². The highest BCUT2D eigenvalue weighted by molar-refractivity contribution is 5.03. The molecule has 0 N–H and O–H groups in total. The second kappa shape index (κ2) is 5.88. The number of ether oxygens (including phenoxy) is 1. The highest BCUT2D eigenvalue weighted by atomic mass is 16.5. The monoisotopic (exact) mass is 278 g/mol. The molecule has 2 saturated heterocycles. The van der Waals surface area contributed by atoms with E-state index in [1.807, 2.05) is 13.2 Å². The van der Waals surface area contributed by atoms with E-state index in [0.29, 0.717) is 11.3 Å². The Morgan fingerprint density at radius 2 is 2.20 bits per heavy atom. The van der Waals surface area contributed by atoms with Crippen LogP contribution in [0, 0.1) is 11.3 Å². The number of methoxy groups -OCH3 is 1. The van der Waals surface area contributed by atoms with Gasteiger partial charge in [0.15, 0.2) is 0 Å². The summed E-state index contributed by atoms with van der Waals surface area (Å²) in [4.78, 5) is 5.00. The lowest BCUT2D eigenvalue weighted by Crippen LogP contribution is -2.43. The fourth-order valence-electron chi connectivity index (χ4n) is 3.95. The fourth-order valence-corrected chi connectivity index (χ4v) is 3.95. The molecule has 0 aliphatic carbocycles. The van der Waals surface area contributed by atoms with Gasteiger partial charge >= 0.3 is 0 Å². The molecule has 112 valence electrons. The van der Waals surface area contributed by atoms with E-state index in [4.69, 9.17) is 9.15 Å². The molecule has 2 aliphatic heterocycles. The largest absolute Gasteiger partial charge is 0.468 e. The van der Waals surface area contributed by atoms with Gasteiger partial charge in [-0.1, -0.05) is 0 Å². The summed E-state index contributed by atoms with van der Waals surface area (Å²) in [5.41, 5.74) is 0.453. The quantitative estimate of drug-likeness (QED) is 0.843. The number of rotatable bonds is 4. The molecule has 1 spiro atoms. The van der Waals surface area contributed by atoms with Crippen molar-refractivity contribution in [2.75, 3.05) is 46.9 Å². The normalized spacial score (nSPS) is 27.4. The Balaban J connectivity index is 1.68. The van der Waals surface area contributed by atoms with Gasteiger partial charge in [-0.25, -0.2) is 0 Å². The summed E-state index contributed by atoms with van der Waals surface area (Å²) in [6.45, 7) is 6.58. The molecule has 2 fully saturated rings. The van der Waals surface area contributed by atoms with Crippen molar-refractivity contribution in [3.05, 3.63) is 24.2 Å². The van der Waals surface area contributed by atoms with Gasteiger partial charge in [-0.05, 0) is 50.5 Å². The molecule has 1 atom stereocenters. The van der Waals surface area contributed by atoms with E-state index in [2.05, 4.69) is 22.9 Å². The third kappa shape index (κ3) is 2.78. The van der Waals surface area contributed by atoms with Crippen molar-refractivity contribution in [1.29, 1.82) is 0 Å². The maximum Gasteiger partial charge on any atom is 0.117 e. The molecular weight excluding hydrogens is 252 g/mol. The molecule has 2 aliphatic rings. The van der Waals surface area contributed by atoms with Crippen molar-refractivity contribution < 1.29 is 9.15 Å². The Morgan fingerprint density at radius 1 is 1.40 bits per heavy atom. The van der Waals surface area contributed by atoms with Gasteiger partial charge in [-0.3, -0.25) is 4.90 Å². The summed E-state index contributed by atoms with van der Waals surface area (Å²) in [5.74, 6) is 1.74. The Labute approximate surface area is 121 Å². The molecule has 0 aromatic carbocycles. The maximum atomic E-state index is 5.50. The van der Waals surface area contributed by atoms with E-state index in [1.54, 1.807) is 6.26 Å². The summed E-state index contributed by atoms with van der Waals surface area (Å²) in [7, 11) is 4.06. The number of hydrogen-bond donors (Lipinski definition) is 0. The number of hydrogen-bond acceptors (Lipinski definition) is 4. The second-order valence-electron chi connectivity index (χ2n) is 6.57. The van der Waals surface area contributed by atoms with Crippen LogP contribution in [-0.2, 0) is 11.3 Å². The van der Waals surface area contributed by atoms with Gasteiger partial charge in [-0.2, -0.15) is 0 Å². The van der Waals surface area contributed by atoms with Crippen LogP contribution >= 0.6 is 0 Å². The molecule has 0 unspecified atom stereocenters. The minimum atomic E-state index is 0.453. The lowest BCUT2D eigenvalue weighted by molar-refractivity contribution is 0.0447. The molecule has 1 aromatic rings. The summed E-state index contributed by atoms with van der Waals surface area (Å²) < 4.78 is 11.0. The zero-order valence-corrected chi connectivity index (χ0v) is 12.7. The molecule has 4 heteroatoms. The van der Waals surface area contributed by atoms with Crippen molar-refractivity contribution in [2.24, 2.45) is 11.3 Å². The molecule has 0 amide bonds. The molecular formula is C16H26N2O2. The predicted octanol–water partition coefficient (Wildman–Crippen LogP) is 2.07. The second-order valence-corrected chi connectivity index (χ2v) is 6.57. The zero-order chi connectivity index (χ0) is 14.0. The van der Waals surface area contributed by atoms with Gasteiger partial charge in [0.05, 0.1) is 19.4 Å². The predicted molar refractivity (Wildman–Crippen MR) is 78.5 cm³/mol. The van der Waals surface area contributed by atoms with E-state index >= 15 is 0 Å². The Hall–Kier alpha value is -0.840. The third-order valence-corrected chi connectivity index (χ3v) is 5.19. The van der Waals surface area contributed by atoms with Crippen LogP contribution in [0.5, 0.6) is 0 Å². The van der Waals surface area contributed by atoms with Gasteiger partial charge in [0.25, 0.3) is 0 Å². The van der Waals surface area contributed by atoms with Gasteiger partial charge in [0, 0.05) is 26.1 Å². The topological polar surface area (TPSA) is 28.9 Å². The van der Waals surface area contributed by atoms with E-state index in [9.17, 15) is 0 Å². The van der Waals surface area contributed by atoms with Gasteiger partial charge in [-0.15, -0.1) is 0 Å². The minimum Gasteiger partial charge on any atom is -0.468 e. The fraction of sp³-hybridized carbons (Fsp3) is 0.750. The van der Waals surface area contributed by atoms with E-state index < -0.39 is 0 Å². The Morgan fingerprint density at radius 3 is 2.85 bits per heavy atom. The molecule has 20 heavy (non-hydrogen) atoms. The van der Waals surface area contributed by atoms with Crippen LogP contribution < -0.4 is 0 Å². The van der Waals surface area contributed by atoms with Crippen LogP contribution in [0.4, 0.5) is 0 Å². The van der Waals surface area contributed by atoms with Crippen LogP contribution in [0.1, 0.15) is 18.6 Å². The van der Waals surface area contributed by atoms with Crippen LogP contribution in [0.25, 0.3) is 0 Å². The first-order valence-electron chi connectivity index (χ1n) is 7.64. The number of nitrogens with zero attached hydrogens (tertiary/aromatic N) is 2. The summed E-state index contributed by atoms with van der Waals surface area (Å²) in [6.07, 6.45) is 4.36. The maximum absolute atomic E-state index is 5.50. The van der Waals surface area contributed by atoms with Gasteiger partial charge in [0.2, 0.25) is 0 Å². The highest BCUT2D eigenvalue weighted by Crippen LogP contribution is 2.44. The molecule has 0 bridgehead atoms. The molecule has 3 heterocycles. The average Bonchev–Trinajstić information content (AvgIpc) is 3.04. The summed E-state index contributed by atoms with van der Waals surface area (Å²) in [6, 6.07) is 4.05. The highest BCUT2D eigenvalue weighted by Gasteiger charge is 2.47. The first kappa shape index (κ1) is 14.1. The van der Waals surface area contributed by atoms with Crippen LogP contribution in [0.15, 0.2) is 22.8 Å². The van der Waals surface area contributed by atoms with Crippen LogP contribution in [0.3, 0.4) is 0 Å². The van der Waals surface area contributed by atoms with Crippen LogP contribution in [-0.4, -0.2) is 56.7 Å². The Bertz CT molecular complexity index is 410. The van der Waals surface area contributed by atoms with E-state index in [0.717, 1.165) is 25.5 Å². The standard InChI is InChI=1S/C16H26N2O2/c1-17-7-5-16(6-8-17)13-18(10-14(16)12-19-2)11-15-4-3-9-20-15/h3-4,9,14H,5-8,10-13H2,1-2H3/t14-/m1/s1. The number of likely N-dealkylation sites (tertiary alicyclic amines) is 2. The smallest absolute Gasteiger partial charge is 0.117 e. The van der Waals surface area contributed by atoms with Crippen molar-refractivity contribution in [1.82, 2.24) is 9.80 Å². The third-order valence-electron chi connectivity index (χ3n) is 5.19. The summed E-state index contributed by atoms with van der Waals surface area (Å²) in [5, 5.41) is 0. The lowest BCUT2D eigenvalue weighted by Gasteiger charge is -2.41. The summed E-state index contributed by atoms with van der Waals surface area (Å²) >= 11 is 0. The molecule has 0 saturated carbocycles. The minimum absolute atomic E-state index is 0.453. The zero-order valence-electron chi connectivity index (χ0n) is 12.7. The SMILES string of the molecule is COC[C@H]1CN(Cc2ccco2)CC12CCN(C)CC2. The van der Waals surface area contributed by atoms with Crippen LogP contribution in [0.2, 0.25) is 0 Å². The number of piperidine rings is 1. The Kier molecular flexibility index (Phi) is 4.15. The van der Waals surface area contributed by atoms with E-state index in [-0.39, 0.29) is 0 Å². The molecule has 0 radical (unpaired) electrons. The molecule has 4 nitrogen and oxygen atoms in total. The number of furan rings is 1. The lowest BCUT2D eigenvalue weighted by atomic mass is 9.71. The van der Waals surface area contributed by atoms with Gasteiger partial charge in [0.1, 0.15) is 5.76 Å². The van der Waals surface area contributed by atoms with Crippen molar-refractivity contribution >= 4 is 0 Å². The molecule has 3 rings (SSSR count).